The minimum atomic E-state index is -3.44. The van der Waals surface area contributed by atoms with Crippen molar-refractivity contribution >= 4 is 37.7 Å². The molecule has 0 saturated carbocycles. The van der Waals surface area contributed by atoms with Crippen LogP contribution in [0.25, 0.3) is 10.1 Å². The van der Waals surface area contributed by atoms with Crippen molar-refractivity contribution in [2.45, 2.75) is 32.1 Å². The molecule has 1 N–H and O–H groups in total. The molecule has 0 spiro atoms. The van der Waals surface area contributed by atoms with Gasteiger partial charge in [0.25, 0.3) is 0 Å². The molecule has 5 nitrogen and oxygen atoms in total. The van der Waals surface area contributed by atoms with Crippen LogP contribution < -0.4 is 0 Å². The number of nitrogens with zero attached hydrogens (tertiary/aromatic N) is 1. The third-order valence-corrected chi connectivity index (χ3v) is 6.14. The highest BCUT2D eigenvalue weighted by atomic mass is 32.2. The molecular formula is C16H21NO4S2. The summed E-state index contributed by atoms with van der Waals surface area (Å²) in [5.74, 6) is -0.172. The standard InChI is InChI=1S/C16H21NO4S2/c1-12(2)7-15(17(19)11-18)10-23(20,21)9-13-3-4-16-14(8-13)5-6-22-16/h3-6,8,11-12,15,19H,7,9-10H2,1-2H3. The Morgan fingerprint density at radius 2 is 2.04 bits per heavy atom. The SMILES string of the molecule is CC(C)CC(CS(=O)(=O)Cc1ccc2sccc2c1)N(O)C=O. The minimum Gasteiger partial charge on any atom is -0.286 e. The highest BCUT2D eigenvalue weighted by Crippen LogP contribution is 2.23. The first kappa shape index (κ1) is 17.9. The molecule has 1 amide bonds. The molecule has 0 aliphatic rings. The van der Waals surface area contributed by atoms with Gasteiger partial charge in [-0.2, -0.15) is 0 Å². The van der Waals surface area contributed by atoms with Crippen LogP contribution in [-0.2, 0) is 20.4 Å². The molecule has 126 valence electrons. The van der Waals surface area contributed by atoms with Crippen LogP contribution in [0.1, 0.15) is 25.8 Å². The first-order valence-corrected chi connectivity index (χ1v) is 10.1. The van der Waals surface area contributed by atoms with E-state index in [1.165, 1.54) is 0 Å². The van der Waals surface area contributed by atoms with Gasteiger partial charge in [-0.25, -0.2) is 13.5 Å². The van der Waals surface area contributed by atoms with Crippen molar-refractivity contribution in [3.8, 4) is 0 Å². The Balaban J connectivity index is 2.14. The van der Waals surface area contributed by atoms with Crippen LogP contribution in [0.2, 0.25) is 0 Å². The molecule has 1 aromatic heterocycles. The fraction of sp³-hybridized carbons (Fsp3) is 0.438. The van der Waals surface area contributed by atoms with E-state index in [0.717, 1.165) is 15.6 Å². The van der Waals surface area contributed by atoms with E-state index in [4.69, 9.17) is 0 Å². The first-order chi connectivity index (χ1) is 10.8. The van der Waals surface area contributed by atoms with E-state index in [1.807, 2.05) is 43.5 Å². The van der Waals surface area contributed by atoms with Crippen LogP contribution in [0, 0.1) is 5.92 Å². The molecule has 1 aromatic carbocycles. The minimum absolute atomic E-state index is 0.0971. The molecule has 1 unspecified atom stereocenters. The summed E-state index contributed by atoms with van der Waals surface area (Å²) < 4.78 is 26.0. The maximum atomic E-state index is 12.4. The fourth-order valence-electron chi connectivity index (χ4n) is 2.59. The summed E-state index contributed by atoms with van der Waals surface area (Å²) in [5.41, 5.74) is 0.717. The maximum absolute atomic E-state index is 12.4. The number of benzene rings is 1. The Morgan fingerprint density at radius 1 is 1.30 bits per heavy atom. The first-order valence-electron chi connectivity index (χ1n) is 7.40. The van der Waals surface area contributed by atoms with Gasteiger partial charge in [0, 0.05) is 4.70 Å². The summed E-state index contributed by atoms with van der Waals surface area (Å²) in [5, 5.41) is 13.1. The van der Waals surface area contributed by atoms with E-state index < -0.39 is 15.9 Å². The predicted molar refractivity (Wildman–Crippen MR) is 92.2 cm³/mol. The van der Waals surface area contributed by atoms with Crippen LogP contribution in [0.4, 0.5) is 0 Å². The van der Waals surface area contributed by atoms with Crippen LogP contribution in [0.15, 0.2) is 29.6 Å². The van der Waals surface area contributed by atoms with E-state index in [1.54, 1.807) is 11.3 Å². The van der Waals surface area contributed by atoms with Gasteiger partial charge in [-0.3, -0.25) is 10.0 Å². The largest absolute Gasteiger partial charge is 0.286 e. The Morgan fingerprint density at radius 3 is 2.70 bits per heavy atom. The number of hydrogen-bond acceptors (Lipinski definition) is 5. The molecule has 0 fully saturated rings. The third-order valence-electron chi connectivity index (χ3n) is 3.58. The lowest BCUT2D eigenvalue weighted by Crippen LogP contribution is -2.38. The van der Waals surface area contributed by atoms with Crippen LogP contribution in [-0.4, -0.2) is 36.9 Å². The van der Waals surface area contributed by atoms with Gasteiger partial charge in [0.15, 0.2) is 9.84 Å². The monoisotopic (exact) mass is 355 g/mol. The number of carbonyl (C=O) groups excluding carboxylic acids is 1. The van der Waals surface area contributed by atoms with Crippen molar-refractivity contribution in [2.75, 3.05) is 5.75 Å². The van der Waals surface area contributed by atoms with E-state index >= 15 is 0 Å². The second-order valence-corrected chi connectivity index (χ2v) is 9.17. The Kier molecular flexibility index (Phi) is 5.78. The molecule has 1 atom stereocenters. The van der Waals surface area contributed by atoms with Gasteiger partial charge in [-0.15, -0.1) is 11.3 Å². The molecule has 0 aliphatic heterocycles. The van der Waals surface area contributed by atoms with Gasteiger partial charge in [0.05, 0.1) is 17.5 Å². The average molecular weight is 355 g/mol. The van der Waals surface area contributed by atoms with Gasteiger partial charge >= 0.3 is 0 Å². The van der Waals surface area contributed by atoms with E-state index in [2.05, 4.69) is 0 Å². The third kappa shape index (κ3) is 5.02. The normalized spacial score (nSPS) is 13.4. The fourth-order valence-corrected chi connectivity index (χ4v) is 5.05. The van der Waals surface area contributed by atoms with Gasteiger partial charge in [-0.1, -0.05) is 19.9 Å². The van der Waals surface area contributed by atoms with Crippen molar-refractivity contribution in [2.24, 2.45) is 5.92 Å². The molecule has 2 rings (SSSR count). The zero-order valence-electron chi connectivity index (χ0n) is 13.2. The van der Waals surface area contributed by atoms with Crippen molar-refractivity contribution < 1.29 is 18.4 Å². The van der Waals surface area contributed by atoms with E-state index in [0.29, 0.717) is 11.5 Å². The molecule has 0 radical (unpaired) electrons. The Bertz CT molecular complexity index is 767. The second-order valence-electron chi connectivity index (χ2n) is 6.12. The van der Waals surface area contributed by atoms with E-state index in [-0.39, 0.29) is 23.8 Å². The van der Waals surface area contributed by atoms with Crippen molar-refractivity contribution in [1.82, 2.24) is 5.06 Å². The van der Waals surface area contributed by atoms with Crippen molar-refractivity contribution in [3.63, 3.8) is 0 Å². The number of hydrogen-bond donors (Lipinski definition) is 1. The molecule has 0 bridgehead atoms. The summed E-state index contributed by atoms with van der Waals surface area (Å²) in [6.07, 6.45) is 0.692. The Labute approximate surface area is 140 Å². The van der Waals surface area contributed by atoms with E-state index in [9.17, 15) is 18.4 Å². The lowest BCUT2D eigenvalue weighted by Gasteiger charge is -2.24. The number of carbonyl (C=O) groups is 1. The molecule has 0 saturated heterocycles. The number of hydroxylamine groups is 2. The Hall–Kier alpha value is -1.44. The predicted octanol–water partition coefficient (Wildman–Crippen LogP) is 3.08. The molecule has 0 aliphatic carbocycles. The highest BCUT2D eigenvalue weighted by molar-refractivity contribution is 7.90. The van der Waals surface area contributed by atoms with Gasteiger partial charge in [0.2, 0.25) is 6.41 Å². The summed E-state index contributed by atoms with van der Waals surface area (Å²) >= 11 is 1.61. The number of fused-ring (bicyclic) bond motifs is 1. The van der Waals surface area contributed by atoms with Crippen molar-refractivity contribution in [3.05, 3.63) is 35.2 Å². The highest BCUT2D eigenvalue weighted by Gasteiger charge is 2.25. The van der Waals surface area contributed by atoms with Gasteiger partial charge < -0.3 is 0 Å². The molecule has 1 heterocycles. The number of thiophene rings is 1. The lowest BCUT2D eigenvalue weighted by molar-refractivity contribution is -0.159. The smallest absolute Gasteiger partial charge is 0.233 e. The summed E-state index contributed by atoms with van der Waals surface area (Å²) in [6.45, 7) is 3.84. The average Bonchev–Trinajstić information content (AvgIpc) is 2.91. The maximum Gasteiger partial charge on any atom is 0.233 e. The lowest BCUT2D eigenvalue weighted by atomic mass is 10.1. The number of amides is 1. The molecule has 23 heavy (non-hydrogen) atoms. The molecule has 7 heteroatoms. The molecule has 2 aromatic rings. The summed E-state index contributed by atoms with van der Waals surface area (Å²) in [7, 11) is -3.44. The van der Waals surface area contributed by atoms with Gasteiger partial charge in [-0.05, 0) is 46.9 Å². The zero-order valence-corrected chi connectivity index (χ0v) is 14.8. The zero-order chi connectivity index (χ0) is 17.0. The summed E-state index contributed by atoms with van der Waals surface area (Å²) in [4.78, 5) is 10.8. The van der Waals surface area contributed by atoms with Gasteiger partial charge in [0.1, 0.15) is 0 Å². The van der Waals surface area contributed by atoms with Crippen molar-refractivity contribution in [1.29, 1.82) is 0 Å². The van der Waals surface area contributed by atoms with Crippen LogP contribution in [0.5, 0.6) is 0 Å². The topological polar surface area (TPSA) is 74.7 Å². The van der Waals surface area contributed by atoms with Crippen LogP contribution in [0.3, 0.4) is 0 Å². The number of sulfone groups is 1. The second kappa shape index (κ2) is 7.42. The quantitative estimate of drug-likeness (QED) is 0.449. The summed E-state index contributed by atoms with van der Waals surface area (Å²) in [6, 6.07) is 6.84. The van der Waals surface area contributed by atoms with Crippen LogP contribution >= 0.6 is 11.3 Å². The molecular weight excluding hydrogens is 334 g/mol. The number of rotatable bonds is 8.